The van der Waals surface area contributed by atoms with Crippen molar-refractivity contribution < 1.29 is 33.8 Å². The van der Waals surface area contributed by atoms with Crippen molar-refractivity contribution in [1.82, 2.24) is 10.6 Å². The smallest absolute Gasteiger partial charge is 0.408 e. The van der Waals surface area contributed by atoms with Gasteiger partial charge in [-0.2, -0.15) is 0 Å². The summed E-state index contributed by atoms with van der Waals surface area (Å²) in [7, 11) is 0. The molecular weight excluding hydrogens is 344 g/mol. The van der Waals surface area contributed by atoms with Gasteiger partial charge in [0.2, 0.25) is 5.91 Å². The molecule has 0 saturated heterocycles. The highest BCUT2D eigenvalue weighted by Crippen LogP contribution is 2.09. The van der Waals surface area contributed by atoms with E-state index in [1.54, 1.807) is 41.5 Å². The Morgan fingerprint density at radius 3 is 1.92 bits per heavy atom. The topological polar surface area (TPSA) is 131 Å². The maximum atomic E-state index is 12.2. The van der Waals surface area contributed by atoms with Gasteiger partial charge in [-0.15, -0.1) is 0 Å². The van der Waals surface area contributed by atoms with E-state index in [0.29, 0.717) is 0 Å². The number of alkyl carbamates (subject to hydrolysis) is 1. The monoisotopic (exact) mass is 374 g/mol. The molecule has 9 heteroatoms. The lowest BCUT2D eigenvalue weighted by atomic mass is 10.1. The number of hydrogen-bond acceptors (Lipinski definition) is 6. The SMILES string of the molecule is CC(C)(C)OC(=O)CCNC(=O)[C@@H](CCC(=O)O)NC(=O)OC(C)(C)C. The van der Waals surface area contributed by atoms with Crippen LogP contribution in [0.5, 0.6) is 0 Å². The van der Waals surface area contributed by atoms with Crippen LogP contribution in [0.25, 0.3) is 0 Å². The Kier molecular flexibility index (Phi) is 9.09. The van der Waals surface area contributed by atoms with Gasteiger partial charge < -0.3 is 25.2 Å². The summed E-state index contributed by atoms with van der Waals surface area (Å²) in [4.78, 5) is 46.4. The minimum atomic E-state index is -1.09. The number of amides is 2. The van der Waals surface area contributed by atoms with E-state index >= 15 is 0 Å². The normalized spacial score (nSPS) is 12.7. The molecule has 1 atom stereocenters. The van der Waals surface area contributed by atoms with Crippen molar-refractivity contribution in [2.45, 2.75) is 78.0 Å². The van der Waals surface area contributed by atoms with Crippen LogP contribution in [-0.2, 0) is 23.9 Å². The fraction of sp³-hybridized carbons (Fsp3) is 0.765. The average molecular weight is 374 g/mol. The number of carbonyl (C=O) groups excluding carboxylic acids is 3. The van der Waals surface area contributed by atoms with E-state index < -0.39 is 41.2 Å². The summed E-state index contributed by atoms with van der Waals surface area (Å²) in [6, 6.07) is -1.08. The van der Waals surface area contributed by atoms with Gasteiger partial charge in [0.15, 0.2) is 0 Å². The molecule has 0 saturated carbocycles. The molecule has 0 aromatic rings. The molecule has 9 nitrogen and oxygen atoms in total. The first-order chi connectivity index (χ1) is 11.7. The fourth-order valence-corrected chi connectivity index (χ4v) is 1.79. The molecule has 0 spiro atoms. The van der Waals surface area contributed by atoms with Gasteiger partial charge in [0, 0.05) is 13.0 Å². The summed E-state index contributed by atoms with van der Waals surface area (Å²) in [5.74, 6) is -2.16. The van der Waals surface area contributed by atoms with Crippen LogP contribution in [0.3, 0.4) is 0 Å². The van der Waals surface area contributed by atoms with Gasteiger partial charge in [-0.3, -0.25) is 14.4 Å². The third kappa shape index (κ3) is 13.0. The van der Waals surface area contributed by atoms with E-state index in [4.69, 9.17) is 14.6 Å². The second-order valence-electron chi connectivity index (χ2n) is 7.76. The summed E-state index contributed by atoms with van der Waals surface area (Å²) >= 11 is 0. The number of esters is 1. The van der Waals surface area contributed by atoms with Crippen LogP contribution in [0, 0.1) is 0 Å². The van der Waals surface area contributed by atoms with Crippen LogP contribution in [0.1, 0.15) is 60.8 Å². The predicted molar refractivity (Wildman–Crippen MR) is 93.5 cm³/mol. The van der Waals surface area contributed by atoms with Crippen molar-refractivity contribution in [2.75, 3.05) is 6.54 Å². The zero-order valence-electron chi connectivity index (χ0n) is 16.3. The molecule has 0 radical (unpaired) electrons. The maximum absolute atomic E-state index is 12.2. The minimum absolute atomic E-state index is 0.00726. The molecule has 0 heterocycles. The first-order valence-electron chi connectivity index (χ1n) is 8.40. The summed E-state index contributed by atoms with van der Waals surface area (Å²) in [5.41, 5.74) is -1.38. The molecule has 0 bridgehead atoms. The Bertz CT molecular complexity index is 518. The number of nitrogens with one attached hydrogen (secondary N) is 2. The first kappa shape index (κ1) is 23.7. The van der Waals surface area contributed by atoms with Gasteiger partial charge in [-0.05, 0) is 48.0 Å². The zero-order chi connectivity index (χ0) is 20.5. The van der Waals surface area contributed by atoms with Crippen LogP contribution < -0.4 is 10.6 Å². The lowest BCUT2D eigenvalue weighted by Crippen LogP contribution is -2.48. The first-order valence-corrected chi connectivity index (χ1v) is 8.40. The standard InChI is InChI=1S/C17H30N2O7/c1-16(2,3)25-13(22)9-10-18-14(23)11(7-8-12(20)21)19-15(24)26-17(4,5)6/h11H,7-10H2,1-6H3,(H,18,23)(H,19,24)(H,20,21)/t11-/m1/s1. The fourth-order valence-electron chi connectivity index (χ4n) is 1.79. The molecule has 0 aliphatic heterocycles. The number of rotatable bonds is 8. The van der Waals surface area contributed by atoms with Crippen molar-refractivity contribution >= 4 is 23.9 Å². The number of hydrogen-bond donors (Lipinski definition) is 3. The van der Waals surface area contributed by atoms with E-state index in [1.807, 2.05) is 0 Å². The average Bonchev–Trinajstić information content (AvgIpc) is 2.38. The molecule has 0 aromatic carbocycles. The summed E-state index contributed by atoms with van der Waals surface area (Å²) < 4.78 is 10.2. The lowest BCUT2D eigenvalue weighted by Gasteiger charge is -2.23. The van der Waals surface area contributed by atoms with Crippen molar-refractivity contribution in [2.24, 2.45) is 0 Å². The Labute approximate surface area is 153 Å². The Morgan fingerprint density at radius 2 is 1.46 bits per heavy atom. The van der Waals surface area contributed by atoms with Gasteiger partial charge in [0.05, 0.1) is 6.42 Å². The molecule has 0 fully saturated rings. The Hall–Kier alpha value is -2.32. The van der Waals surface area contributed by atoms with E-state index in [1.165, 1.54) is 0 Å². The molecule has 26 heavy (non-hydrogen) atoms. The van der Waals surface area contributed by atoms with E-state index in [0.717, 1.165) is 0 Å². The van der Waals surface area contributed by atoms with Crippen LogP contribution in [0.2, 0.25) is 0 Å². The Balaban J connectivity index is 4.62. The van der Waals surface area contributed by atoms with Crippen LogP contribution in [-0.4, -0.2) is 52.8 Å². The van der Waals surface area contributed by atoms with Gasteiger partial charge in [0.25, 0.3) is 0 Å². The molecule has 0 aromatic heterocycles. The lowest BCUT2D eigenvalue weighted by molar-refractivity contribution is -0.154. The molecule has 0 unspecified atom stereocenters. The number of ether oxygens (including phenoxy) is 2. The van der Waals surface area contributed by atoms with Crippen LogP contribution in [0.4, 0.5) is 4.79 Å². The van der Waals surface area contributed by atoms with Gasteiger partial charge >= 0.3 is 18.0 Å². The summed E-state index contributed by atoms with van der Waals surface area (Å²) in [5, 5.41) is 13.6. The molecule has 3 N–H and O–H groups in total. The van der Waals surface area contributed by atoms with Crippen molar-refractivity contribution in [3.05, 3.63) is 0 Å². The molecule has 2 amide bonds. The van der Waals surface area contributed by atoms with Crippen molar-refractivity contribution in [1.29, 1.82) is 0 Å². The Morgan fingerprint density at radius 1 is 0.923 bits per heavy atom. The third-order valence-corrected chi connectivity index (χ3v) is 2.70. The second kappa shape index (κ2) is 9.98. The van der Waals surface area contributed by atoms with E-state index in [-0.39, 0.29) is 25.8 Å². The second-order valence-corrected chi connectivity index (χ2v) is 7.76. The van der Waals surface area contributed by atoms with Crippen molar-refractivity contribution in [3.8, 4) is 0 Å². The molecule has 150 valence electrons. The van der Waals surface area contributed by atoms with Gasteiger partial charge in [0.1, 0.15) is 17.2 Å². The molecule has 0 rings (SSSR count). The number of carbonyl (C=O) groups is 4. The number of carboxylic acid groups (broad SMARTS) is 1. The van der Waals surface area contributed by atoms with E-state index in [2.05, 4.69) is 10.6 Å². The van der Waals surface area contributed by atoms with Gasteiger partial charge in [-0.25, -0.2) is 4.79 Å². The quantitative estimate of drug-likeness (QED) is 0.550. The third-order valence-electron chi connectivity index (χ3n) is 2.70. The van der Waals surface area contributed by atoms with E-state index in [9.17, 15) is 19.2 Å². The predicted octanol–water partition coefficient (Wildman–Crippen LogP) is 1.59. The summed E-state index contributed by atoms with van der Waals surface area (Å²) in [6.45, 7) is 10.2. The highest BCUT2D eigenvalue weighted by Gasteiger charge is 2.25. The highest BCUT2D eigenvalue weighted by atomic mass is 16.6. The van der Waals surface area contributed by atoms with Gasteiger partial charge in [-0.1, -0.05) is 0 Å². The van der Waals surface area contributed by atoms with Crippen molar-refractivity contribution in [3.63, 3.8) is 0 Å². The molecular formula is C17H30N2O7. The summed E-state index contributed by atoms with van der Waals surface area (Å²) in [6.07, 6.45) is -1.27. The molecule has 0 aliphatic carbocycles. The largest absolute Gasteiger partial charge is 0.481 e. The highest BCUT2D eigenvalue weighted by molar-refractivity contribution is 5.86. The van der Waals surface area contributed by atoms with Crippen LogP contribution in [0.15, 0.2) is 0 Å². The number of carboxylic acids is 1. The minimum Gasteiger partial charge on any atom is -0.481 e. The zero-order valence-corrected chi connectivity index (χ0v) is 16.3. The number of aliphatic carboxylic acids is 1. The maximum Gasteiger partial charge on any atom is 0.408 e. The molecule has 0 aliphatic rings. The van der Waals surface area contributed by atoms with Crippen LogP contribution >= 0.6 is 0 Å².